The van der Waals surface area contributed by atoms with Crippen molar-refractivity contribution in [2.75, 3.05) is 14.2 Å². The molecule has 0 radical (unpaired) electrons. The highest BCUT2D eigenvalue weighted by molar-refractivity contribution is 5.81. The van der Waals surface area contributed by atoms with Crippen LogP contribution in [0.1, 0.15) is 38.9 Å². The molecule has 0 fully saturated rings. The fraction of sp³-hybridized carbons (Fsp3) is 0.200. The first kappa shape index (κ1) is 23.4. The molecule has 0 aliphatic heterocycles. The predicted molar refractivity (Wildman–Crippen MR) is 152 cm³/mol. The van der Waals surface area contributed by atoms with Crippen LogP contribution >= 0.6 is 0 Å². The van der Waals surface area contributed by atoms with Gasteiger partial charge in [0.2, 0.25) is 0 Å². The number of allylic oxidation sites excluding steroid dienone is 4. The van der Waals surface area contributed by atoms with Crippen molar-refractivity contribution in [3.05, 3.63) is 142 Å². The molecule has 0 saturated carbocycles. The summed E-state index contributed by atoms with van der Waals surface area (Å²) in [6.07, 6.45) is 10.0. The van der Waals surface area contributed by atoms with Gasteiger partial charge in [-0.25, -0.2) is 0 Å². The minimum absolute atomic E-state index is 0.157. The maximum atomic E-state index is 5.56. The highest BCUT2D eigenvalue weighted by Gasteiger charge is 2.45. The van der Waals surface area contributed by atoms with E-state index in [1.807, 2.05) is 0 Å². The van der Waals surface area contributed by atoms with Gasteiger partial charge in [0, 0.05) is 5.92 Å². The molecule has 0 N–H and O–H groups in total. The Morgan fingerprint density at radius 3 is 1.81 bits per heavy atom. The summed E-state index contributed by atoms with van der Waals surface area (Å²) in [5.74, 6) is 1.88. The first-order valence-electron chi connectivity index (χ1n) is 12.9. The summed E-state index contributed by atoms with van der Waals surface area (Å²) in [5, 5.41) is 0. The van der Waals surface area contributed by atoms with Crippen molar-refractivity contribution < 1.29 is 9.47 Å². The molecule has 184 valence electrons. The molecule has 0 saturated heterocycles. The third kappa shape index (κ3) is 3.62. The summed E-state index contributed by atoms with van der Waals surface area (Å²) >= 11 is 0. The summed E-state index contributed by atoms with van der Waals surface area (Å²) in [6, 6.07) is 28.9. The second-order valence-electron chi connectivity index (χ2n) is 10.2. The van der Waals surface area contributed by atoms with Gasteiger partial charge in [-0.2, -0.15) is 0 Å². The molecule has 4 aromatic rings. The summed E-state index contributed by atoms with van der Waals surface area (Å²) in [6.45, 7) is 4.45. The van der Waals surface area contributed by atoms with Crippen LogP contribution in [0.3, 0.4) is 0 Å². The smallest absolute Gasteiger partial charge is 0.118 e. The van der Waals surface area contributed by atoms with Crippen molar-refractivity contribution in [2.24, 2.45) is 5.92 Å². The average Bonchev–Trinajstić information content (AvgIpc) is 3.59. The minimum atomic E-state index is -0.422. The van der Waals surface area contributed by atoms with Crippen molar-refractivity contribution in [3.8, 4) is 22.6 Å². The van der Waals surface area contributed by atoms with Gasteiger partial charge in [0.15, 0.2) is 0 Å². The normalized spacial score (nSPS) is 14.1. The fourth-order valence-electron chi connectivity index (χ4n) is 6.51. The van der Waals surface area contributed by atoms with E-state index in [1.165, 1.54) is 50.1 Å². The SMILES string of the molecule is COc1ccc(C(c2ccc(OC)cc2)(c2c(C)ccc3c2Cc2cc(C)ccc2-3)C2C=CC=C2)cc1. The minimum Gasteiger partial charge on any atom is -0.497 e. The fourth-order valence-corrected chi connectivity index (χ4v) is 6.51. The largest absolute Gasteiger partial charge is 0.497 e. The highest BCUT2D eigenvalue weighted by Crippen LogP contribution is 2.53. The summed E-state index contributed by atoms with van der Waals surface area (Å²) in [4.78, 5) is 0. The molecule has 0 amide bonds. The van der Waals surface area contributed by atoms with Gasteiger partial charge >= 0.3 is 0 Å². The zero-order valence-electron chi connectivity index (χ0n) is 21.9. The first-order valence-corrected chi connectivity index (χ1v) is 12.9. The standard InChI is InChI=1S/C35H32O2/c1-23-9-19-31-25(21-23)22-33-32(31)20-10-24(2)34(33)35(26-7-5-6-8-26,27-11-15-29(36-3)16-12-27)28-13-17-30(37-4)18-14-28/h5-21,26H,22H2,1-4H3. The Bertz CT molecular complexity index is 1460. The van der Waals surface area contributed by atoms with Crippen LogP contribution in [-0.2, 0) is 11.8 Å². The Morgan fingerprint density at radius 2 is 1.24 bits per heavy atom. The van der Waals surface area contributed by atoms with Crippen molar-refractivity contribution >= 4 is 0 Å². The predicted octanol–water partition coefficient (Wildman–Crippen LogP) is 7.97. The number of aryl methyl sites for hydroxylation is 2. The van der Waals surface area contributed by atoms with E-state index in [9.17, 15) is 0 Å². The second kappa shape index (κ2) is 9.12. The zero-order valence-corrected chi connectivity index (χ0v) is 21.9. The van der Waals surface area contributed by atoms with Gasteiger partial charge < -0.3 is 9.47 Å². The maximum absolute atomic E-state index is 5.56. The number of methoxy groups -OCH3 is 2. The van der Waals surface area contributed by atoms with Crippen LogP contribution in [0.25, 0.3) is 11.1 Å². The van der Waals surface area contributed by atoms with Crippen LogP contribution in [0, 0.1) is 19.8 Å². The van der Waals surface area contributed by atoms with Crippen LogP contribution in [0.15, 0.2) is 103 Å². The van der Waals surface area contributed by atoms with Crippen molar-refractivity contribution in [2.45, 2.75) is 25.7 Å². The van der Waals surface area contributed by atoms with Gasteiger partial charge in [0.1, 0.15) is 11.5 Å². The van der Waals surface area contributed by atoms with E-state index in [0.29, 0.717) is 0 Å². The van der Waals surface area contributed by atoms with Crippen LogP contribution in [0.4, 0.5) is 0 Å². The topological polar surface area (TPSA) is 18.5 Å². The summed E-state index contributed by atoms with van der Waals surface area (Å²) < 4.78 is 11.1. The van der Waals surface area contributed by atoms with Gasteiger partial charge in [-0.1, -0.05) is 84.5 Å². The number of fused-ring (bicyclic) bond motifs is 3. The molecule has 2 nitrogen and oxygen atoms in total. The van der Waals surface area contributed by atoms with E-state index in [-0.39, 0.29) is 5.92 Å². The van der Waals surface area contributed by atoms with E-state index in [4.69, 9.17) is 9.47 Å². The van der Waals surface area contributed by atoms with Gasteiger partial charge in [-0.3, -0.25) is 0 Å². The molecule has 4 aromatic carbocycles. The number of benzene rings is 4. The molecular weight excluding hydrogens is 452 g/mol. The number of ether oxygens (including phenoxy) is 2. The molecule has 0 spiro atoms. The van der Waals surface area contributed by atoms with Gasteiger partial charge in [-0.05, 0) is 89.0 Å². The Labute approximate surface area is 219 Å². The van der Waals surface area contributed by atoms with Crippen LogP contribution < -0.4 is 9.47 Å². The number of hydrogen-bond acceptors (Lipinski definition) is 2. The molecule has 0 atom stereocenters. The molecule has 0 bridgehead atoms. The van der Waals surface area contributed by atoms with E-state index in [0.717, 1.165) is 17.9 Å². The van der Waals surface area contributed by atoms with Crippen molar-refractivity contribution in [3.63, 3.8) is 0 Å². The van der Waals surface area contributed by atoms with Gasteiger partial charge in [0.05, 0.1) is 19.6 Å². The Hall–Kier alpha value is -4.04. The Kier molecular flexibility index (Phi) is 5.76. The van der Waals surface area contributed by atoms with E-state index < -0.39 is 5.41 Å². The number of hydrogen-bond donors (Lipinski definition) is 0. The molecule has 0 heterocycles. The highest BCUT2D eigenvalue weighted by atomic mass is 16.5. The average molecular weight is 485 g/mol. The van der Waals surface area contributed by atoms with Crippen LogP contribution in [0.5, 0.6) is 11.5 Å². The third-order valence-corrected chi connectivity index (χ3v) is 8.17. The lowest BCUT2D eigenvalue weighted by Crippen LogP contribution is -2.37. The molecule has 2 aliphatic rings. The Morgan fingerprint density at radius 1 is 0.676 bits per heavy atom. The van der Waals surface area contributed by atoms with Crippen molar-refractivity contribution in [1.82, 2.24) is 0 Å². The summed E-state index contributed by atoms with van der Waals surface area (Å²) in [7, 11) is 3.45. The van der Waals surface area contributed by atoms with E-state index in [2.05, 4.69) is 117 Å². The molecular formula is C35H32O2. The van der Waals surface area contributed by atoms with Gasteiger partial charge in [-0.15, -0.1) is 0 Å². The monoisotopic (exact) mass is 484 g/mol. The maximum Gasteiger partial charge on any atom is 0.118 e. The third-order valence-electron chi connectivity index (χ3n) is 8.17. The van der Waals surface area contributed by atoms with Crippen LogP contribution in [-0.4, -0.2) is 14.2 Å². The van der Waals surface area contributed by atoms with Crippen molar-refractivity contribution in [1.29, 1.82) is 0 Å². The molecule has 2 aliphatic carbocycles. The molecule has 2 heteroatoms. The number of rotatable bonds is 6. The lowest BCUT2D eigenvalue weighted by Gasteiger charge is -2.42. The first-order chi connectivity index (χ1) is 18.1. The Balaban J connectivity index is 1.71. The lowest BCUT2D eigenvalue weighted by molar-refractivity contribution is 0.413. The van der Waals surface area contributed by atoms with Gasteiger partial charge in [0.25, 0.3) is 0 Å². The lowest BCUT2D eigenvalue weighted by atomic mass is 9.59. The molecule has 6 rings (SSSR count). The zero-order chi connectivity index (χ0) is 25.6. The summed E-state index contributed by atoms with van der Waals surface area (Å²) in [5.41, 5.74) is 11.7. The molecule has 0 aromatic heterocycles. The van der Waals surface area contributed by atoms with E-state index >= 15 is 0 Å². The van der Waals surface area contributed by atoms with Crippen LogP contribution in [0.2, 0.25) is 0 Å². The van der Waals surface area contributed by atoms with E-state index in [1.54, 1.807) is 14.2 Å². The molecule has 0 unspecified atom stereocenters. The quantitative estimate of drug-likeness (QED) is 0.228. The molecule has 37 heavy (non-hydrogen) atoms. The second-order valence-corrected chi connectivity index (χ2v) is 10.2.